The van der Waals surface area contributed by atoms with Crippen LogP contribution < -0.4 is 0 Å². The van der Waals surface area contributed by atoms with Gasteiger partial charge in [-0.2, -0.15) is 0 Å². The second-order valence-corrected chi connectivity index (χ2v) is 5.51. The van der Waals surface area contributed by atoms with Gasteiger partial charge in [0.1, 0.15) is 0 Å². The minimum Gasteiger partial charge on any atom is -0.466 e. The van der Waals surface area contributed by atoms with E-state index in [4.69, 9.17) is 4.74 Å². The molecule has 0 saturated heterocycles. The number of ketones is 1. The van der Waals surface area contributed by atoms with E-state index in [1.165, 1.54) is 0 Å². The predicted molar refractivity (Wildman–Crippen MR) is 89.2 cm³/mol. The van der Waals surface area contributed by atoms with Crippen molar-refractivity contribution in [2.45, 2.75) is 19.3 Å². The van der Waals surface area contributed by atoms with Gasteiger partial charge in [0.15, 0.2) is 5.78 Å². The minimum atomic E-state index is -0.418. The summed E-state index contributed by atoms with van der Waals surface area (Å²) in [5, 5.41) is 0. The van der Waals surface area contributed by atoms with Gasteiger partial charge in [-0.1, -0.05) is 54.6 Å². The van der Waals surface area contributed by atoms with Crippen molar-refractivity contribution in [1.82, 2.24) is 0 Å². The number of benzene rings is 2. The summed E-state index contributed by atoms with van der Waals surface area (Å²) in [6.45, 7) is 2.13. The first-order valence-corrected chi connectivity index (χ1v) is 7.76. The third-order valence-electron chi connectivity index (χ3n) is 4.01. The Morgan fingerprint density at radius 1 is 1.13 bits per heavy atom. The second-order valence-electron chi connectivity index (χ2n) is 5.51. The van der Waals surface area contributed by atoms with Gasteiger partial charge in [-0.3, -0.25) is 9.59 Å². The van der Waals surface area contributed by atoms with Crippen LogP contribution in [0.1, 0.15) is 40.7 Å². The Morgan fingerprint density at radius 2 is 1.83 bits per heavy atom. The third kappa shape index (κ3) is 3.09. The normalized spacial score (nSPS) is 18.6. The molecule has 0 aliphatic heterocycles. The third-order valence-corrected chi connectivity index (χ3v) is 4.01. The van der Waals surface area contributed by atoms with Gasteiger partial charge >= 0.3 is 5.97 Å². The molecule has 3 heteroatoms. The van der Waals surface area contributed by atoms with E-state index in [2.05, 4.69) is 0 Å². The SMILES string of the molecule is CCOC(=O)C1C/C(=C/c2ccccc2)C(=O)c2ccccc21. The van der Waals surface area contributed by atoms with Crippen molar-refractivity contribution in [1.29, 1.82) is 0 Å². The fraction of sp³-hybridized carbons (Fsp3) is 0.200. The maximum Gasteiger partial charge on any atom is 0.313 e. The lowest BCUT2D eigenvalue weighted by molar-refractivity contribution is -0.144. The number of carbonyl (C=O) groups is 2. The Balaban J connectivity index is 2.04. The number of hydrogen-bond donors (Lipinski definition) is 0. The number of rotatable bonds is 3. The van der Waals surface area contributed by atoms with Crippen LogP contribution in [-0.4, -0.2) is 18.4 Å². The van der Waals surface area contributed by atoms with Gasteiger partial charge in [0.05, 0.1) is 12.5 Å². The van der Waals surface area contributed by atoms with E-state index >= 15 is 0 Å². The molecule has 1 aliphatic carbocycles. The Kier molecular flexibility index (Phi) is 4.38. The molecule has 2 aromatic rings. The zero-order valence-electron chi connectivity index (χ0n) is 13.0. The van der Waals surface area contributed by atoms with Gasteiger partial charge in [-0.25, -0.2) is 0 Å². The standard InChI is InChI=1S/C20H18O3/c1-2-23-20(22)18-13-15(12-14-8-4-3-5-9-14)19(21)17-11-7-6-10-16(17)18/h3-12,18H,2,13H2,1H3/b15-12-. The van der Waals surface area contributed by atoms with E-state index < -0.39 is 5.92 Å². The molecular formula is C20H18O3. The molecule has 0 fully saturated rings. The highest BCUT2D eigenvalue weighted by Crippen LogP contribution is 2.36. The van der Waals surface area contributed by atoms with E-state index in [0.717, 1.165) is 11.1 Å². The van der Waals surface area contributed by atoms with Gasteiger partial charge in [-0.05, 0) is 30.5 Å². The molecule has 2 aromatic carbocycles. The summed E-state index contributed by atoms with van der Waals surface area (Å²) in [6.07, 6.45) is 2.24. The van der Waals surface area contributed by atoms with Crippen molar-refractivity contribution in [3.8, 4) is 0 Å². The Bertz CT molecular complexity index is 759. The summed E-state index contributed by atoms with van der Waals surface area (Å²) in [5.74, 6) is -0.699. The van der Waals surface area contributed by atoms with Crippen molar-refractivity contribution < 1.29 is 14.3 Å². The number of allylic oxidation sites excluding steroid dienone is 1. The number of ether oxygens (including phenoxy) is 1. The highest BCUT2D eigenvalue weighted by molar-refractivity contribution is 6.14. The van der Waals surface area contributed by atoms with E-state index in [1.54, 1.807) is 13.0 Å². The lowest BCUT2D eigenvalue weighted by Gasteiger charge is -2.25. The van der Waals surface area contributed by atoms with E-state index in [0.29, 0.717) is 24.2 Å². The van der Waals surface area contributed by atoms with Gasteiger partial charge in [0, 0.05) is 11.1 Å². The van der Waals surface area contributed by atoms with Crippen molar-refractivity contribution in [2.24, 2.45) is 0 Å². The quantitative estimate of drug-likeness (QED) is 0.636. The zero-order chi connectivity index (χ0) is 16.2. The average Bonchev–Trinajstić information content (AvgIpc) is 2.58. The molecule has 0 heterocycles. The van der Waals surface area contributed by atoms with Gasteiger partial charge in [-0.15, -0.1) is 0 Å². The van der Waals surface area contributed by atoms with E-state index in [-0.39, 0.29) is 11.8 Å². The van der Waals surface area contributed by atoms with Crippen LogP contribution in [0, 0.1) is 0 Å². The van der Waals surface area contributed by atoms with Crippen LogP contribution in [-0.2, 0) is 9.53 Å². The van der Waals surface area contributed by atoms with Crippen LogP contribution >= 0.6 is 0 Å². The maximum absolute atomic E-state index is 12.7. The summed E-state index contributed by atoms with van der Waals surface area (Å²) in [6, 6.07) is 17.0. The van der Waals surface area contributed by atoms with Crippen LogP contribution in [0.3, 0.4) is 0 Å². The molecule has 3 rings (SSSR count). The van der Waals surface area contributed by atoms with E-state index in [9.17, 15) is 9.59 Å². The minimum absolute atomic E-state index is 0.00926. The van der Waals surface area contributed by atoms with Gasteiger partial charge in [0.25, 0.3) is 0 Å². The number of hydrogen-bond acceptors (Lipinski definition) is 3. The average molecular weight is 306 g/mol. The first-order valence-electron chi connectivity index (χ1n) is 7.76. The predicted octanol–water partition coefficient (Wildman–Crippen LogP) is 4.00. The van der Waals surface area contributed by atoms with E-state index in [1.807, 2.05) is 54.6 Å². The van der Waals surface area contributed by atoms with Crippen molar-refractivity contribution in [2.75, 3.05) is 6.61 Å². The largest absolute Gasteiger partial charge is 0.466 e. The van der Waals surface area contributed by atoms with Crippen LogP contribution in [0.25, 0.3) is 6.08 Å². The summed E-state index contributed by atoms with van der Waals surface area (Å²) in [4.78, 5) is 25.0. The van der Waals surface area contributed by atoms with Crippen molar-refractivity contribution in [3.63, 3.8) is 0 Å². The lowest BCUT2D eigenvalue weighted by atomic mass is 9.78. The zero-order valence-corrected chi connectivity index (χ0v) is 13.0. The monoisotopic (exact) mass is 306 g/mol. The topological polar surface area (TPSA) is 43.4 Å². The molecule has 116 valence electrons. The molecular weight excluding hydrogens is 288 g/mol. The highest BCUT2D eigenvalue weighted by Gasteiger charge is 2.34. The Morgan fingerprint density at radius 3 is 2.57 bits per heavy atom. The summed E-state index contributed by atoms with van der Waals surface area (Å²) in [5.41, 5.74) is 2.96. The highest BCUT2D eigenvalue weighted by atomic mass is 16.5. The van der Waals surface area contributed by atoms with Crippen molar-refractivity contribution in [3.05, 3.63) is 76.9 Å². The first-order chi connectivity index (χ1) is 11.2. The van der Waals surface area contributed by atoms with Gasteiger partial charge < -0.3 is 4.74 Å². The number of esters is 1. The number of fused-ring (bicyclic) bond motifs is 1. The summed E-state index contributed by atoms with van der Waals surface area (Å²) >= 11 is 0. The van der Waals surface area contributed by atoms with Crippen LogP contribution in [0.2, 0.25) is 0 Å². The smallest absolute Gasteiger partial charge is 0.313 e. The number of carbonyl (C=O) groups excluding carboxylic acids is 2. The van der Waals surface area contributed by atoms with Crippen LogP contribution in [0.15, 0.2) is 60.2 Å². The fourth-order valence-electron chi connectivity index (χ4n) is 2.93. The van der Waals surface area contributed by atoms with Gasteiger partial charge in [0.2, 0.25) is 0 Å². The first kappa shape index (κ1) is 15.2. The fourth-order valence-corrected chi connectivity index (χ4v) is 2.93. The molecule has 0 radical (unpaired) electrons. The van der Waals surface area contributed by atoms with Crippen LogP contribution in [0.5, 0.6) is 0 Å². The molecule has 0 amide bonds. The maximum atomic E-state index is 12.7. The van der Waals surface area contributed by atoms with Crippen molar-refractivity contribution >= 4 is 17.8 Å². The second kappa shape index (κ2) is 6.61. The summed E-state index contributed by atoms with van der Waals surface area (Å²) in [7, 11) is 0. The molecule has 1 atom stereocenters. The molecule has 0 N–H and O–H groups in total. The Hall–Kier alpha value is -2.68. The Labute approximate surface area is 135 Å². The molecule has 0 saturated carbocycles. The van der Waals surface area contributed by atoms with Crippen LogP contribution in [0.4, 0.5) is 0 Å². The summed E-state index contributed by atoms with van der Waals surface area (Å²) < 4.78 is 5.19. The molecule has 3 nitrogen and oxygen atoms in total. The molecule has 0 bridgehead atoms. The molecule has 1 aliphatic rings. The number of Topliss-reactive ketones (excluding diaryl/α,β-unsaturated/α-hetero) is 1. The molecule has 0 spiro atoms. The molecule has 1 unspecified atom stereocenters. The lowest BCUT2D eigenvalue weighted by Crippen LogP contribution is -2.25. The molecule has 23 heavy (non-hydrogen) atoms. The molecule has 0 aromatic heterocycles.